The van der Waals surface area contributed by atoms with Crippen LogP contribution in [0.1, 0.15) is 17.3 Å². The Labute approximate surface area is 84.6 Å². The smallest absolute Gasteiger partial charge is 0.290 e. The number of nitrogens with zero attached hydrogens (tertiary/aromatic N) is 1. The number of anilines is 1. The van der Waals surface area contributed by atoms with Crippen molar-refractivity contribution in [3.63, 3.8) is 0 Å². The summed E-state index contributed by atoms with van der Waals surface area (Å²) in [7, 11) is 0. The number of carbonyl (C=O) groups excluding carboxylic acids is 1. The van der Waals surface area contributed by atoms with Gasteiger partial charge in [0, 0.05) is 17.3 Å². The first-order valence-electron chi connectivity index (χ1n) is 3.68. The molecule has 0 unspecified atom stereocenters. The Hall–Kier alpha value is -1.62. The molecule has 0 amide bonds. The summed E-state index contributed by atoms with van der Waals surface area (Å²) in [6, 6.07) is 2.44. The summed E-state index contributed by atoms with van der Waals surface area (Å²) in [5.74, 6) is -0.356. The summed E-state index contributed by atoms with van der Waals surface area (Å²) < 4.78 is 0. The first kappa shape index (κ1) is 10.5. The maximum Gasteiger partial charge on any atom is 0.290 e. The molecule has 0 radical (unpaired) electrons. The standard InChI is InChI=1S/C8H7ClN2O3/c1-4(12)6-2-5(10)3-7(8(6)9)11(13)14/h2-3H,10H2,1H3. The zero-order chi connectivity index (χ0) is 10.9. The highest BCUT2D eigenvalue weighted by Crippen LogP contribution is 2.30. The second-order valence-electron chi connectivity index (χ2n) is 2.71. The Kier molecular flexibility index (Phi) is 2.71. The molecule has 0 atom stereocenters. The first-order chi connectivity index (χ1) is 6.43. The van der Waals surface area contributed by atoms with Gasteiger partial charge in [-0.25, -0.2) is 0 Å². The lowest BCUT2D eigenvalue weighted by molar-refractivity contribution is -0.384. The minimum absolute atomic E-state index is 0.0679. The van der Waals surface area contributed by atoms with Gasteiger partial charge in [-0.15, -0.1) is 0 Å². The average molecular weight is 215 g/mol. The normalized spacial score (nSPS) is 9.86. The van der Waals surface area contributed by atoms with E-state index in [-0.39, 0.29) is 27.7 Å². The van der Waals surface area contributed by atoms with Gasteiger partial charge in [-0.1, -0.05) is 11.6 Å². The second kappa shape index (κ2) is 3.63. The molecule has 14 heavy (non-hydrogen) atoms. The molecule has 1 rings (SSSR count). The molecule has 1 aromatic carbocycles. The van der Waals surface area contributed by atoms with Gasteiger partial charge in [0.25, 0.3) is 5.69 Å². The van der Waals surface area contributed by atoms with Crippen LogP contribution in [-0.4, -0.2) is 10.7 Å². The fourth-order valence-electron chi connectivity index (χ4n) is 1.02. The number of benzene rings is 1. The van der Waals surface area contributed by atoms with Crippen molar-refractivity contribution >= 4 is 28.8 Å². The molecule has 2 N–H and O–H groups in total. The Morgan fingerprint density at radius 1 is 1.57 bits per heavy atom. The van der Waals surface area contributed by atoms with Crippen LogP contribution < -0.4 is 5.73 Å². The molecule has 0 aromatic heterocycles. The number of nitrogen functional groups attached to an aromatic ring is 1. The minimum Gasteiger partial charge on any atom is -0.399 e. The van der Waals surface area contributed by atoms with Crippen molar-refractivity contribution in [2.75, 3.05) is 5.73 Å². The number of nitro groups is 1. The molecule has 6 heteroatoms. The van der Waals surface area contributed by atoms with E-state index in [2.05, 4.69) is 0 Å². The lowest BCUT2D eigenvalue weighted by Crippen LogP contribution is -2.00. The molecule has 0 spiro atoms. The molecule has 0 saturated carbocycles. The van der Waals surface area contributed by atoms with Gasteiger partial charge in [0.05, 0.1) is 4.92 Å². The van der Waals surface area contributed by atoms with Crippen molar-refractivity contribution in [2.45, 2.75) is 6.92 Å². The van der Waals surface area contributed by atoms with Crippen molar-refractivity contribution in [3.05, 3.63) is 32.8 Å². The van der Waals surface area contributed by atoms with Crippen molar-refractivity contribution in [2.24, 2.45) is 0 Å². The van der Waals surface area contributed by atoms with Crippen LogP contribution in [0.15, 0.2) is 12.1 Å². The van der Waals surface area contributed by atoms with E-state index in [1.54, 1.807) is 0 Å². The molecular weight excluding hydrogens is 208 g/mol. The Balaban J connectivity index is 3.47. The third kappa shape index (κ3) is 1.82. The van der Waals surface area contributed by atoms with E-state index in [1.165, 1.54) is 13.0 Å². The van der Waals surface area contributed by atoms with E-state index in [0.29, 0.717) is 0 Å². The fourth-order valence-corrected chi connectivity index (χ4v) is 1.33. The molecule has 1 aromatic rings. The highest BCUT2D eigenvalue weighted by Gasteiger charge is 2.19. The van der Waals surface area contributed by atoms with Crippen LogP contribution in [-0.2, 0) is 0 Å². The zero-order valence-corrected chi connectivity index (χ0v) is 8.04. The summed E-state index contributed by atoms with van der Waals surface area (Å²) >= 11 is 5.65. The SMILES string of the molecule is CC(=O)c1cc(N)cc([N+](=O)[O-])c1Cl. The van der Waals surface area contributed by atoms with Gasteiger partial charge >= 0.3 is 0 Å². The largest absolute Gasteiger partial charge is 0.399 e. The van der Waals surface area contributed by atoms with Gasteiger partial charge in [0.1, 0.15) is 5.02 Å². The second-order valence-corrected chi connectivity index (χ2v) is 3.09. The third-order valence-corrected chi connectivity index (χ3v) is 2.05. The summed E-state index contributed by atoms with van der Waals surface area (Å²) in [4.78, 5) is 20.9. The van der Waals surface area contributed by atoms with Crippen LogP contribution in [0.3, 0.4) is 0 Å². The van der Waals surface area contributed by atoms with Crippen LogP contribution in [0.4, 0.5) is 11.4 Å². The molecule has 0 bridgehead atoms. The maximum atomic E-state index is 11.0. The first-order valence-corrected chi connectivity index (χ1v) is 4.05. The molecule has 74 valence electrons. The van der Waals surface area contributed by atoms with Gasteiger partial charge < -0.3 is 5.73 Å². The number of rotatable bonds is 2. The molecule has 0 aliphatic heterocycles. The number of ketones is 1. The summed E-state index contributed by atoms with van der Waals surface area (Å²) in [6.45, 7) is 1.27. The van der Waals surface area contributed by atoms with Crippen molar-refractivity contribution in [1.29, 1.82) is 0 Å². The number of hydrogen-bond donors (Lipinski definition) is 1. The highest BCUT2D eigenvalue weighted by atomic mass is 35.5. The lowest BCUT2D eigenvalue weighted by atomic mass is 10.1. The van der Waals surface area contributed by atoms with Crippen molar-refractivity contribution < 1.29 is 9.72 Å². The van der Waals surface area contributed by atoms with E-state index in [0.717, 1.165) is 6.07 Å². The van der Waals surface area contributed by atoms with E-state index >= 15 is 0 Å². The van der Waals surface area contributed by atoms with Crippen LogP contribution in [0.2, 0.25) is 5.02 Å². The van der Waals surface area contributed by atoms with Gasteiger partial charge in [0.15, 0.2) is 5.78 Å². The predicted octanol–water partition coefficient (Wildman–Crippen LogP) is 2.03. The van der Waals surface area contributed by atoms with Crippen molar-refractivity contribution in [3.8, 4) is 0 Å². The van der Waals surface area contributed by atoms with Crippen LogP contribution in [0.5, 0.6) is 0 Å². The summed E-state index contributed by atoms with van der Waals surface area (Å²) in [6.07, 6.45) is 0. The van der Waals surface area contributed by atoms with E-state index in [9.17, 15) is 14.9 Å². The molecule has 0 aliphatic carbocycles. The summed E-state index contributed by atoms with van der Waals surface area (Å²) in [5, 5.41) is 10.3. The topological polar surface area (TPSA) is 86.2 Å². The number of nitrogens with two attached hydrogens (primary N) is 1. The van der Waals surface area contributed by atoms with E-state index < -0.39 is 4.92 Å². The number of halogens is 1. The molecule has 5 nitrogen and oxygen atoms in total. The Morgan fingerprint density at radius 2 is 2.14 bits per heavy atom. The lowest BCUT2D eigenvalue weighted by Gasteiger charge is -2.02. The van der Waals surface area contributed by atoms with Crippen LogP contribution >= 0.6 is 11.6 Å². The molecule has 0 fully saturated rings. The zero-order valence-electron chi connectivity index (χ0n) is 7.28. The minimum atomic E-state index is -0.675. The van der Waals surface area contributed by atoms with E-state index in [1.807, 2.05) is 0 Å². The monoisotopic (exact) mass is 214 g/mol. The third-order valence-electron chi connectivity index (χ3n) is 1.65. The maximum absolute atomic E-state index is 11.0. The van der Waals surface area contributed by atoms with Gasteiger partial charge in [0.2, 0.25) is 0 Å². The Morgan fingerprint density at radius 3 is 2.57 bits per heavy atom. The Bertz CT molecular complexity index is 382. The fraction of sp³-hybridized carbons (Fsp3) is 0.125. The summed E-state index contributed by atoms with van der Waals surface area (Å²) in [5.41, 5.74) is 5.25. The van der Waals surface area contributed by atoms with Crippen LogP contribution in [0, 0.1) is 10.1 Å². The van der Waals surface area contributed by atoms with Gasteiger partial charge in [-0.2, -0.15) is 0 Å². The quantitative estimate of drug-likeness (QED) is 0.353. The van der Waals surface area contributed by atoms with E-state index in [4.69, 9.17) is 17.3 Å². The molecule has 0 heterocycles. The predicted molar refractivity (Wildman–Crippen MR) is 52.5 cm³/mol. The average Bonchev–Trinajstić information content (AvgIpc) is 2.07. The molecule has 0 aliphatic rings. The van der Waals surface area contributed by atoms with Gasteiger partial charge in [-0.05, 0) is 13.0 Å². The molecule has 0 saturated heterocycles. The number of hydrogen-bond acceptors (Lipinski definition) is 4. The number of carbonyl (C=O) groups is 1. The number of Topliss-reactive ketones (excluding diaryl/α,β-unsaturated/α-hetero) is 1. The highest BCUT2D eigenvalue weighted by molar-refractivity contribution is 6.36. The van der Waals surface area contributed by atoms with Crippen molar-refractivity contribution in [1.82, 2.24) is 0 Å². The van der Waals surface area contributed by atoms with Gasteiger partial charge in [-0.3, -0.25) is 14.9 Å². The molecular formula is C8H7ClN2O3. The van der Waals surface area contributed by atoms with Crippen LogP contribution in [0.25, 0.3) is 0 Å². The number of nitro benzene ring substituents is 1.